The van der Waals surface area contributed by atoms with Gasteiger partial charge in [0.05, 0.1) is 5.82 Å². The number of hydrogen-bond acceptors (Lipinski definition) is 0. The molecule has 0 bridgehead atoms. The Kier molecular flexibility index (Phi) is 6.40. The van der Waals surface area contributed by atoms with Crippen molar-refractivity contribution in [1.29, 1.82) is 0 Å². The van der Waals surface area contributed by atoms with Crippen LogP contribution in [0.15, 0.2) is 28.7 Å². The van der Waals surface area contributed by atoms with Gasteiger partial charge in [0.15, 0.2) is 0 Å². The minimum atomic E-state index is -2.13. The summed E-state index contributed by atoms with van der Waals surface area (Å²) in [4.78, 5) is 0. The van der Waals surface area contributed by atoms with Crippen LogP contribution >= 0.6 is 41.5 Å². The van der Waals surface area contributed by atoms with Crippen molar-refractivity contribution >= 4 is 52.2 Å². The van der Waals surface area contributed by atoms with Crippen LogP contribution in [0.4, 0.5) is 4.39 Å². The van der Waals surface area contributed by atoms with Crippen molar-refractivity contribution in [2.45, 2.75) is 6.92 Å². The molecule has 0 aliphatic carbocycles. The van der Waals surface area contributed by atoms with Gasteiger partial charge in [-0.2, -0.15) is 6.07 Å². The number of hydrogen-bond donors (Lipinski definition) is 0. The van der Waals surface area contributed by atoms with Gasteiger partial charge in [-0.05, 0) is 10.5 Å². The van der Waals surface area contributed by atoms with E-state index in [1.54, 1.807) is 6.07 Å². The Hall–Kier alpha value is 0.993. The number of benzene rings is 1. The van der Waals surface area contributed by atoms with Crippen LogP contribution in [0, 0.1) is 12.7 Å². The topological polar surface area (TPSA) is 0 Å². The van der Waals surface area contributed by atoms with E-state index in [2.05, 4.69) is 15.9 Å². The van der Waals surface area contributed by atoms with Crippen LogP contribution in [0.3, 0.4) is 0 Å². The first-order chi connectivity index (χ1) is 7.40. The molecule has 2 rings (SSSR count). The van der Waals surface area contributed by atoms with Gasteiger partial charge in [-0.1, -0.05) is 28.9 Å². The first kappa shape index (κ1) is 15.1. The van der Waals surface area contributed by atoms with E-state index in [-0.39, 0.29) is 5.82 Å². The average molecular weight is 424 g/mol. The van der Waals surface area contributed by atoms with Gasteiger partial charge in [-0.15, -0.1) is 22.4 Å². The number of aryl methyl sites for hydroxylation is 1. The molecule has 0 saturated carbocycles. The molecule has 6 heteroatoms. The van der Waals surface area contributed by atoms with Crippen molar-refractivity contribution < 1.29 is 22.6 Å². The molecule has 0 aliphatic heterocycles. The molecule has 2 aromatic carbocycles. The molecule has 0 aromatic heterocycles. The van der Waals surface area contributed by atoms with Gasteiger partial charge in [0.2, 0.25) is 0 Å². The van der Waals surface area contributed by atoms with E-state index in [1.807, 2.05) is 19.1 Å². The van der Waals surface area contributed by atoms with Crippen LogP contribution in [0.5, 0.6) is 0 Å². The Bertz CT molecular complexity index is 481. The Morgan fingerprint density at radius 2 is 1.81 bits per heavy atom. The molecule has 0 heterocycles. The zero-order chi connectivity index (χ0) is 12.3. The zero-order valence-electron chi connectivity index (χ0n) is 8.20. The van der Waals surface area contributed by atoms with Crippen molar-refractivity contribution in [1.82, 2.24) is 0 Å². The van der Waals surface area contributed by atoms with Gasteiger partial charge in [-0.25, -0.2) is 4.39 Å². The maximum atomic E-state index is 12.9. The quantitative estimate of drug-likeness (QED) is 0.467. The Morgan fingerprint density at radius 3 is 2.38 bits per heavy atom. The van der Waals surface area contributed by atoms with Crippen molar-refractivity contribution in [3.8, 4) is 0 Å². The number of fused-ring (bicyclic) bond motifs is 1. The normalized spacial score (nSPS) is 9.88. The van der Waals surface area contributed by atoms with Crippen LogP contribution < -0.4 is 0 Å². The standard InChI is InChI=1S/C10H7BrF.3ClH.Zr/c1-6-2-7-4-8(12)5-10(11)9(7)3-6;;;;/h2-5H,1H3;3*1H;/q-1;;;;+3/p-3. The molecule has 0 unspecified atom stereocenters. The molecule has 0 aliphatic rings. The zero-order valence-corrected chi connectivity index (χ0v) is 14.5. The van der Waals surface area contributed by atoms with Crippen molar-refractivity contribution in [2.75, 3.05) is 0 Å². The Labute approximate surface area is 120 Å². The van der Waals surface area contributed by atoms with Crippen LogP contribution in [0.25, 0.3) is 10.8 Å². The second-order valence-electron chi connectivity index (χ2n) is 3.14. The fourth-order valence-electron chi connectivity index (χ4n) is 1.39. The predicted octanol–water partition coefficient (Wildman–Crippen LogP) is 5.83. The first-order valence-electron chi connectivity index (χ1n) is 4.25. The molecule has 0 spiro atoms. The van der Waals surface area contributed by atoms with E-state index in [4.69, 9.17) is 25.5 Å². The second-order valence-corrected chi connectivity index (χ2v) is 15.2. The fourth-order valence-corrected chi connectivity index (χ4v) is 1.95. The van der Waals surface area contributed by atoms with Gasteiger partial charge in [0.25, 0.3) is 0 Å². The Morgan fingerprint density at radius 1 is 1.25 bits per heavy atom. The van der Waals surface area contributed by atoms with E-state index in [1.165, 1.54) is 6.07 Å². The number of halogens is 5. The molecule has 0 amide bonds. The predicted molar refractivity (Wildman–Crippen MR) is 69.5 cm³/mol. The van der Waals surface area contributed by atoms with Gasteiger partial charge in [0.1, 0.15) is 0 Å². The van der Waals surface area contributed by atoms with Crippen molar-refractivity contribution in [2.24, 2.45) is 0 Å². The summed E-state index contributed by atoms with van der Waals surface area (Å²) in [6.45, 7) is 2.00. The molecule has 87 valence electrons. The Balaban J connectivity index is 0.000000280. The fraction of sp³-hybridized carbons (Fsp3) is 0.100. The molecule has 0 saturated heterocycles. The van der Waals surface area contributed by atoms with Gasteiger partial charge in [0, 0.05) is 0 Å². The van der Waals surface area contributed by atoms with Crippen molar-refractivity contribution in [3.05, 3.63) is 40.1 Å². The number of rotatable bonds is 0. The minimum absolute atomic E-state index is 0.194. The average Bonchev–Trinajstić information content (AvgIpc) is 2.44. The second kappa shape index (κ2) is 6.80. The summed E-state index contributed by atoms with van der Waals surface area (Å²) < 4.78 is 13.7. The first-order valence-corrected chi connectivity index (χ1v) is 14.5. The van der Waals surface area contributed by atoms with Gasteiger partial charge < -0.3 is 0 Å². The summed E-state index contributed by atoms with van der Waals surface area (Å²) in [6, 6.07) is 7.05. The molecule has 0 fully saturated rings. The summed E-state index contributed by atoms with van der Waals surface area (Å²) in [5, 5.41) is 2.04. The van der Waals surface area contributed by atoms with E-state index < -0.39 is 18.2 Å². The summed E-state index contributed by atoms with van der Waals surface area (Å²) >= 11 is 1.19. The summed E-state index contributed by atoms with van der Waals surface area (Å²) in [5.41, 5.74) is 1.16. The molecule has 16 heavy (non-hydrogen) atoms. The van der Waals surface area contributed by atoms with Crippen molar-refractivity contribution in [3.63, 3.8) is 0 Å². The van der Waals surface area contributed by atoms with E-state index in [0.717, 1.165) is 20.8 Å². The molecular formula is C10H7BrCl3FZr-. The maximum absolute atomic E-state index is 12.9. The van der Waals surface area contributed by atoms with Gasteiger partial charge >= 0.3 is 43.7 Å². The van der Waals surface area contributed by atoms with Crippen LogP contribution in [0.2, 0.25) is 0 Å². The SMILES string of the molecule is Cc1cc2c(Br)cc(F)cc2[cH-]1.[Cl][Zr]([Cl])[Cl]. The van der Waals surface area contributed by atoms with E-state index in [9.17, 15) is 4.39 Å². The molecular weight excluding hydrogens is 417 g/mol. The van der Waals surface area contributed by atoms with Gasteiger partial charge in [-0.3, -0.25) is 0 Å². The summed E-state index contributed by atoms with van der Waals surface area (Å²) in [7, 11) is 15.0. The van der Waals surface area contributed by atoms with E-state index in [0.29, 0.717) is 0 Å². The molecule has 0 nitrogen and oxygen atoms in total. The molecule has 0 atom stereocenters. The molecule has 0 N–H and O–H groups in total. The van der Waals surface area contributed by atoms with E-state index >= 15 is 0 Å². The third kappa shape index (κ3) is 4.70. The third-order valence-corrected chi connectivity index (χ3v) is 2.54. The van der Waals surface area contributed by atoms with Crippen LogP contribution in [-0.4, -0.2) is 0 Å². The van der Waals surface area contributed by atoms with Crippen LogP contribution in [-0.2, 0) is 18.2 Å². The monoisotopic (exact) mass is 420 g/mol. The molecule has 0 radical (unpaired) electrons. The van der Waals surface area contributed by atoms with Crippen LogP contribution in [0.1, 0.15) is 5.56 Å². The third-order valence-electron chi connectivity index (χ3n) is 1.88. The summed E-state index contributed by atoms with van der Waals surface area (Å²) in [6.07, 6.45) is 0. The summed E-state index contributed by atoms with van der Waals surface area (Å²) in [5.74, 6) is -0.194. The molecule has 2 aromatic rings.